The van der Waals surface area contributed by atoms with Gasteiger partial charge in [-0.05, 0) is 36.4 Å². The summed E-state index contributed by atoms with van der Waals surface area (Å²) in [6, 6.07) is 14.7. The second kappa shape index (κ2) is 8.25. The van der Waals surface area contributed by atoms with Crippen molar-refractivity contribution in [3.05, 3.63) is 60.9 Å². The van der Waals surface area contributed by atoms with Crippen molar-refractivity contribution in [2.24, 2.45) is 0 Å². The lowest BCUT2D eigenvalue weighted by Crippen LogP contribution is -2.14. The van der Waals surface area contributed by atoms with Crippen LogP contribution < -0.4 is 10.1 Å². The SMILES string of the molecule is COc1cccc(NC(=O)CSc2ccc(-c3cccnc3)nn2)c1. The Labute approximate surface area is 149 Å². The van der Waals surface area contributed by atoms with Crippen LogP contribution in [-0.2, 0) is 4.79 Å². The quantitative estimate of drug-likeness (QED) is 0.686. The number of thioether (sulfide) groups is 1. The number of ether oxygens (including phenoxy) is 1. The molecule has 6 nitrogen and oxygen atoms in total. The van der Waals surface area contributed by atoms with Crippen molar-refractivity contribution >= 4 is 23.4 Å². The van der Waals surface area contributed by atoms with Crippen LogP contribution in [0.25, 0.3) is 11.3 Å². The molecule has 0 unspecified atom stereocenters. The monoisotopic (exact) mass is 352 g/mol. The van der Waals surface area contributed by atoms with Gasteiger partial charge >= 0.3 is 0 Å². The first-order valence-electron chi connectivity index (χ1n) is 7.55. The largest absolute Gasteiger partial charge is 0.497 e. The van der Waals surface area contributed by atoms with Gasteiger partial charge in [0.1, 0.15) is 10.8 Å². The van der Waals surface area contributed by atoms with Crippen molar-refractivity contribution in [1.82, 2.24) is 15.2 Å². The summed E-state index contributed by atoms with van der Waals surface area (Å²) < 4.78 is 5.13. The van der Waals surface area contributed by atoms with E-state index in [4.69, 9.17) is 4.74 Å². The number of rotatable bonds is 6. The van der Waals surface area contributed by atoms with E-state index in [0.29, 0.717) is 16.5 Å². The zero-order chi connectivity index (χ0) is 17.5. The molecule has 1 amide bonds. The van der Waals surface area contributed by atoms with Crippen LogP contribution in [0.1, 0.15) is 0 Å². The first-order chi connectivity index (χ1) is 12.2. The second-order valence-electron chi connectivity index (χ2n) is 5.07. The molecule has 7 heteroatoms. The molecule has 0 aliphatic carbocycles. The zero-order valence-electron chi connectivity index (χ0n) is 13.5. The van der Waals surface area contributed by atoms with E-state index in [1.807, 2.05) is 42.5 Å². The molecule has 3 rings (SSSR count). The lowest BCUT2D eigenvalue weighted by Gasteiger charge is -2.06. The van der Waals surface area contributed by atoms with Crippen LogP contribution >= 0.6 is 11.8 Å². The van der Waals surface area contributed by atoms with Gasteiger partial charge in [0, 0.05) is 29.7 Å². The number of benzene rings is 1. The number of pyridine rings is 1. The summed E-state index contributed by atoms with van der Waals surface area (Å²) >= 11 is 1.33. The number of nitrogens with zero attached hydrogens (tertiary/aromatic N) is 3. The molecule has 2 aromatic heterocycles. The molecule has 0 aliphatic rings. The van der Waals surface area contributed by atoms with Gasteiger partial charge in [-0.15, -0.1) is 10.2 Å². The smallest absolute Gasteiger partial charge is 0.234 e. The fourth-order valence-corrected chi connectivity index (χ4v) is 2.72. The van der Waals surface area contributed by atoms with Gasteiger partial charge in [-0.25, -0.2) is 0 Å². The summed E-state index contributed by atoms with van der Waals surface area (Å²) in [4.78, 5) is 16.1. The number of anilines is 1. The fraction of sp³-hybridized carbons (Fsp3) is 0.111. The van der Waals surface area contributed by atoms with Gasteiger partial charge in [0.05, 0.1) is 18.6 Å². The van der Waals surface area contributed by atoms with Gasteiger partial charge in [-0.1, -0.05) is 17.8 Å². The summed E-state index contributed by atoms with van der Waals surface area (Å²) in [6.45, 7) is 0. The topological polar surface area (TPSA) is 77.0 Å². The number of hydrogen-bond acceptors (Lipinski definition) is 6. The van der Waals surface area contributed by atoms with Crippen LogP contribution in [0.5, 0.6) is 5.75 Å². The van der Waals surface area contributed by atoms with Crippen molar-refractivity contribution in [2.75, 3.05) is 18.2 Å². The molecule has 0 radical (unpaired) electrons. The van der Waals surface area contributed by atoms with Crippen LogP contribution in [0, 0.1) is 0 Å². The van der Waals surface area contributed by atoms with E-state index in [1.54, 1.807) is 25.6 Å². The normalized spacial score (nSPS) is 10.3. The Bertz CT molecular complexity index is 841. The maximum atomic E-state index is 12.0. The minimum Gasteiger partial charge on any atom is -0.497 e. The van der Waals surface area contributed by atoms with E-state index in [-0.39, 0.29) is 11.7 Å². The van der Waals surface area contributed by atoms with Gasteiger partial charge in [0.15, 0.2) is 0 Å². The van der Waals surface area contributed by atoms with E-state index in [9.17, 15) is 4.79 Å². The van der Waals surface area contributed by atoms with E-state index in [0.717, 1.165) is 11.3 Å². The third-order valence-corrected chi connectivity index (χ3v) is 4.22. The Morgan fingerprint density at radius 3 is 2.80 bits per heavy atom. The summed E-state index contributed by atoms with van der Waals surface area (Å²) in [6.07, 6.45) is 3.44. The Kier molecular flexibility index (Phi) is 5.58. The van der Waals surface area contributed by atoms with Gasteiger partial charge in [-0.2, -0.15) is 0 Å². The number of carbonyl (C=O) groups excluding carboxylic acids is 1. The minimum absolute atomic E-state index is 0.114. The van der Waals surface area contributed by atoms with Crippen LogP contribution in [0.15, 0.2) is 66.0 Å². The van der Waals surface area contributed by atoms with Crippen molar-refractivity contribution in [2.45, 2.75) is 5.03 Å². The van der Waals surface area contributed by atoms with Crippen molar-refractivity contribution in [3.8, 4) is 17.0 Å². The van der Waals surface area contributed by atoms with E-state index in [2.05, 4.69) is 20.5 Å². The molecule has 25 heavy (non-hydrogen) atoms. The molecule has 3 aromatic rings. The fourth-order valence-electron chi connectivity index (χ4n) is 2.10. The molecule has 0 atom stereocenters. The van der Waals surface area contributed by atoms with Crippen molar-refractivity contribution in [1.29, 1.82) is 0 Å². The van der Waals surface area contributed by atoms with Crippen LogP contribution in [-0.4, -0.2) is 34.0 Å². The Hall–Kier alpha value is -2.93. The number of hydrogen-bond donors (Lipinski definition) is 1. The molecule has 1 N–H and O–H groups in total. The van der Waals surface area contributed by atoms with E-state index >= 15 is 0 Å². The predicted octanol–water partition coefficient (Wildman–Crippen LogP) is 3.28. The zero-order valence-corrected chi connectivity index (χ0v) is 14.4. The highest BCUT2D eigenvalue weighted by atomic mass is 32.2. The van der Waals surface area contributed by atoms with Gasteiger partial charge in [-0.3, -0.25) is 9.78 Å². The van der Waals surface area contributed by atoms with E-state index < -0.39 is 0 Å². The molecule has 126 valence electrons. The highest BCUT2D eigenvalue weighted by Gasteiger charge is 2.07. The number of methoxy groups -OCH3 is 1. The van der Waals surface area contributed by atoms with Crippen LogP contribution in [0.4, 0.5) is 5.69 Å². The maximum absolute atomic E-state index is 12.0. The lowest BCUT2D eigenvalue weighted by molar-refractivity contribution is -0.113. The minimum atomic E-state index is -0.114. The maximum Gasteiger partial charge on any atom is 0.234 e. The molecule has 0 bridgehead atoms. The summed E-state index contributed by atoms with van der Waals surface area (Å²) in [5.74, 6) is 0.830. The average molecular weight is 352 g/mol. The Morgan fingerprint density at radius 2 is 2.08 bits per heavy atom. The molecule has 1 aromatic carbocycles. The third kappa shape index (κ3) is 4.77. The van der Waals surface area contributed by atoms with Gasteiger partial charge in [0.2, 0.25) is 5.91 Å². The number of carbonyl (C=O) groups is 1. The highest BCUT2D eigenvalue weighted by Crippen LogP contribution is 2.20. The van der Waals surface area contributed by atoms with Crippen LogP contribution in [0.3, 0.4) is 0 Å². The second-order valence-corrected chi connectivity index (χ2v) is 6.06. The lowest BCUT2D eigenvalue weighted by atomic mass is 10.2. The molecule has 0 spiro atoms. The van der Waals surface area contributed by atoms with Gasteiger partial charge in [0.25, 0.3) is 0 Å². The Morgan fingerprint density at radius 1 is 1.16 bits per heavy atom. The first kappa shape index (κ1) is 16.9. The molecule has 0 aliphatic heterocycles. The molecule has 0 fully saturated rings. The molecule has 0 saturated heterocycles. The summed E-state index contributed by atoms with van der Waals surface area (Å²) in [5.41, 5.74) is 2.35. The average Bonchev–Trinajstić information content (AvgIpc) is 2.67. The van der Waals surface area contributed by atoms with Gasteiger partial charge < -0.3 is 10.1 Å². The first-order valence-corrected chi connectivity index (χ1v) is 8.54. The summed E-state index contributed by atoms with van der Waals surface area (Å²) in [5, 5.41) is 11.8. The molecule has 0 saturated carbocycles. The Balaban J connectivity index is 1.55. The molecule has 2 heterocycles. The number of amides is 1. The summed E-state index contributed by atoms with van der Waals surface area (Å²) in [7, 11) is 1.59. The molecular weight excluding hydrogens is 336 g/mol. The van der Waals surface area contributed by atoms with Crippen LogP contribution in [0.2, 0.25) is 0 Å². The predicted molar refractivity (Wildman–Crippen MR) is 97.6 cm³/mol. The number of nitrogens with one attached hydrogen (secondary N) is 1. The van der Waals surface area contributed by atoms with Crippen molar-refractivity contribution < 1.29 is 9.53 Å². The molecular formula is C18H16N4O2S. The number of aromatic nitrogens is 3. The highest BCUT2D eigenvalue weighted by molar-refractivity contribution is 7.99. The third-order valence-electron chi connectivity index (χ3n) is 3.30. The van der Waals surface area contributed by atoms with Crippen molar-refractivity contribution in [3.63, 3.8) is 0 Å². The van der Waals surface area contributed by atoms with E-state index in [1.165, 1.54) is 11.8 Å². The standard InChI is InChI=1S/C18H16N4O2S/c1-24-15-6-2-5-14(10-15)20-17(23)12-25-18-8-7-16(21-22-18)13-4-3-9-19-11-13/h2-11H,12H2,1H3,(H,20,23).